The number of piperidine rings is 1. The molecule has 2 heterocycles. The van der Waals surface area contributed by atoms with Gasteiger partial charge in [-0.25, -0.2) is 0 Å². The largest absolute Gasteiger partial charge is 0.405 e. The number of nitrogens with two attached hydrogens (primary N) is 1. The lowest BCUT2D eigenvalue weighted by atomic mass is 9.94. The zero-order chi connectivity index (χ0) is 14.2. The van der Waals surface area contributed by atoms with Crippen LogP contribution >= 0.6 is 0 Å². The van der Waals surface area contributed by atoms with Crippen molar-refractivity contribution in [2.45, 2.75) is 63.5 Å². The van der Waals surface area contributed by atoms with E-state index in [1.807, 2.05) is 6.92 Å². The van der Waals surface area contributed by atoms with Crippen molar-refractivity contribution in [3.05, 3.63) is 0 Å². The summed E-state index contributed by atoms with van der Waals surface area (Å²) in [6, 6.07) is -2.23. The zero-order valence-corrected chi connectivity index (χ0v) is 11.7. The Bertz CT molecular complexity index is 306. The molecule has 0 radical (unpaired) electrons. The monoisotopic (exact) mass is 279 g/mol. The van der Waals surface area contributed by atoms with Crippen LogP contribution in [0.3, 0.4) is 0 Å². The van der Waals surface area contributed by atoms with Gasteiger partial charge in [0.25, 0.3) is 0 Å². The lowest BCUT2D eigenvalue weighted by Gasteiger charge is -2.50. The standard InChI is InChI=1S/C13H24F3N3/c1-9-7-18-6-4-3-5-11(18)8-19(9)12(10(2)17)13(14,15)16/h9-12H,3-8,17H2,1-2H3. The Morgan fingerprint density at radius 2 is 1.89 bits per heavy atom. The third-order valence-electron chi connectivity index (χ3n) is 4.43. The number of fused-ring (bicyclic) bond motifs is 1. The Balaban J connectivity index is 2.13. The van der Waals surface area contributed by atoms with Crippen molar-refractivity contribution in [3.63, 3.8) is 0 Å². The molecule has 2 aliphatic rings. The van der Waals surface area contributed by atoms with Crippen LogP contribution in [0, 0.1) is 0 Å². The van der Waals surface area contributed by atoms with Gasteiger partial charge in [0, 0.05) is 31.2 Å². The molecule has 0 saturated carbocycles. The van der Waals surface area contributed by atoms with Crippen molar-refractivity contribution in [1.82, 2.24) is 9.80 Å². The topological polar surface area (TPSA) is 32.5 Å². The SMILES string of the molecule is CC(N)C(N1CC2CCCCN2CC1C)C(F)(F)F. The zero-order valence-electron chi connectivity index (χ0n) is 11.7. The third kappa shape index (κ3) is 3.23. The number of rotatable bonds is 2. The maximum absolute atomic E-state index is 13.2. The molecule has 4 unspecified atom stereocenters. The predicted octanol–water partition coefficient (Wildman–Crippen LogP) is 1.82. The van der Waals surface area contributed by atoms with Gasteiger partial charge in [-0.05, 0) is 33.2 Å². The van der Waals surface area contributed by atoms with E-state index in [1.165, 1.54) is 13.3 Å². The molecule has 6 heteroatoms. The lowest BCUT2D eigenvalue weighted by molar-refractivity contribution is -0.202. The van der Waals surface area contributed by atoms with Crippen molar-refractivity contribution in [2.24, 2.45) is 5.73 Å². The Morgan fingerprint density at radius 3 is 2.47 bits per heavy atom. The number of piperazine rings is 1. The Hall–Kier alpha value is -0.330. The molecule has 0 aliphatic carbocycles. The second-order valence-corrected chi connectivity index (χ2v) is 6.04. The summed E-state index contributed by atoms with van der Waals surface area (Å²) in [6.45, 7) is 5.58. The van der Waals surface area contributed by atoms with Gasteiger partial charge in [-0.3, -0.25) is 9.80 Å². The van der Waals surface area contributed by atoms with Gasteiger partial charge in [0.2, 0.25) is 0 Å². The number of alkyl halides is 3. The van der Waals surface area contributed by atoms with Crippen LogP contribution in [0.15, 0.2) is 0 Å². The summed E-state index contributed by atoms with van der Waals surface area (Å²) in [6.07, 6.45) is -0.955. The molecule has 2 saturated heterocycles. The van der Waals surface area contributed by atoms with E-state index in [2.05, 4.69) is 4.90 Å². The smallest absolute Gasteiger partial charge is 0.326 e. The van der Waals surface area contributed by atoms with Crippen LogP contribution in [0.1, 0.15) is 33.1 Å². The fourth-order valence-corrected chi connectivity index (χ4v) is 3.55. The highest BCUT2D eigenvalue weighted by atomic mass is 19.4. The summed E-state index contributed by atoms with van der Waals surface area (Å²) in [5, 5.41) is 0. The average Bonchev–Trinajstić information content (AvgIpc) is 2.27. The summed E-state index contributed by atoms with van der Waals surface area (Å²) < 4.78 is 39.7. The first kappa shape index (κ1) is 15.1. The van der Waals surface area contributed by atoms with Crippen LogP contribution in [0.5, 0.6) is 0 Å². The molecule has 0 bridgehead atoms. The Kier molecular flexibility index (Phi) is 4.42. The van der Waals surface area contributed by atoms with E-state index in [9.17, 15) is 13.2 Å². The van der Waals surface area contributed by atoms with Crippen LogP contribution in [-0.2, 0) is 0 Å². The maximum Gasteiger partial charge on any atom is 0.405 e. The minimum Gasteiger partial charge on any atom is -0.326 e. The van der Waals surface area contributed by atoms with Crippen molar-refractivity contribution < 1.29 is 13.2 Å². The Labute approximate surface area is 112 Å². The Morgan fingerprint density at radius 1 is 1.21 bits per heavy atom. The summed E-state index contributed by atoms with van der Waals surface area (Å²) in [5.74, 6) is 0. The van der Waals surface area contributed by atoms with Crippen LogP contribution < -0.4 is 5.73 Å². The van der Waals surface area contributed by atoms with E-state index < -0.39 is 18.3 Å². The van der Waals surface area contributed by atoms with Gasteiger partial charge < -0.3 is 5.73 Å². The van der Waals surface area contributed by atoms with E-state index in [-0.39, 0.29) is 12.1 Å². The first-order chi connectivity index (χ1) is 8.80. The molecule has 112 valence electrons. The van der Waals surface area contributed by atoms with E-state index in [1.54, 1.807) is 4.90 Å². The van der Waals surface area contributed by atoms with E-state index in [0.29, 0.717) is 6.54 Å². The molecule has 19 heavy (non-hydrogen) atoms. The number of hydrogen-bond acceptors (Lipinski definition) is 3. The second kappa shape index (κ2) is 5.58. The van der Waals surface area contributed by atoms with Crippen LogP contribution in [-0.4, -0.2) is 59.8 Å². The molecule has 2 N–H and O–H groups in total. The molecule has 0 aromatic rings. The molecule has 2 fully saturated rings. The molecular formula is C13H24F3N3. The van der Waals surface area contributed by atoms with Gasteiger partial charge >= 0.3 is 6.18 Å². The van der Waals surface area contributed by atoms with E-state index in [0.717, 1.165) is 25.9 Å². The number of nitrogens with zero attached hydrogens (tertiary/aromatic N) is 2. The highest BCUT2D eigenvalue weighted by Crippen LogP contribution is 2.32. The molecule has 0 aromatic heterocycles. The van der Waals surface area contributed by atoms with Crippen molar-refractivity contribution in [1.29, 1.82) is 0 Å². The predicted molar refractivity (Wildman–Crippen MR) is 68.9 cm³/mol. The molecule has 0 spiro atoms. The van der Waals surface area contributed by atoms with Gasteiger partial charge in [0.15, 0.2) is 0 Å². The molecule has 0 aromatic carbocycles. The fourth-order valence-electron chi connectivity index (χ4n) is 3.55. The summed E-state index contributed by atoms with van der Waals surface area (Å²) in [7, 11) is 0. The minimum atomic E-state index is -4.25. The van der Waals surface area contributed by atoms with Crippen molar-refractivity contribution in [3.8, 4) is 0 Å². The van der Waals surface area contributed by atoms with Gasteiger partial charge in [-0.15, -0.1) is 0 Å². The molecule has 2 aliphatic heterocycles. The van der Waals surface area contributed by atoms with Crippen molar-refractivity contribution >= 4 is 0 Å². The van der Waals surface area contributed by atoms with Crippen molar-refractivity contribution in [2.75, 3.05) is 19.6 Å². The molecule has 4 atom stereocenters. The molecule has 3 nitrogen and oxygen atoms in total. The quantitative estimate of drug-likeness (QED) is 0.837. The maximum atomic E-state index is 13.2. The first-order valence-electron chi connectivity index (χ1n) is 7.13. The highest BCUT2D eigenvalue weighted by Gasteiger charge is 2.49. The van der Waals surface area contributed by atoms with Crippen LogP contribution in [0.2, 0.25) is 0 Å². The average molecular weight is 279 g/mol. The first-order valence-corrected chi connectivity index (χ1v) is 7.13. The highest BCUT2D eigenvalue weighted by molar-refractivity contribution is 4.96. The molecule has 2 rings (SSSR count). The van der Waals surface area contributed by atoms with Crippen LogP contribution in [0.4, 0.5) is 13.2 Å². The molecule has 0 amide bonds. The van der Waals surface area contributed by atoms with Gasteiger partial charge in [0.05, 0.1) is 0 Å². The summed E-state index contributed by atoms with van der Waals surface area (Å²) in [4.78, 5) is 3.93. The third-order valence-corrected chi connectivity index (χ3v) is 4.43. The second-order valence-electron chi connectivity index (χ2n) is 6.04. The number of halogens is 3. The van der Waals surface area contributed by atoms with Gasteiger partial charge in [-0.1, -0.05) is 6.42 Å². The lowest BCUT2D eigenvalue weighted by Crippen LogP contribution is -2.66. The van der Waals surface area contributed by atoms with Crippen LogP contribution in [0.25, 0.3) is 0 Å². The summed E-state index contributed by atoms with van der Waals surface area (Å²) in [5.41, 5.74) is 5.61. The normalized spacial score (nSPS) is 33.8. The van der Waals surface area contributed by atoms with E-state index >= 15 is 0 Å². The molecular weight excluding hydrogens is 255 g/mol. The number of hydrogen-bond donors (Lipinski definition) is 1. The van der Waals surface area contributed by atoms with Gasteiger partial charge in [-0.2, -0.15) is 13.2 Å². The minimum absolute atomic E-state index is 0.0908. The fraction of sp³-hybridized carbons (Fsp3) is 1.00. The summed E-state index contributed by atoms with van der Waals surface area (Å²) >= 11 is 0. The van der Waals surface area contributed by atoms with Gasteiger partial charge in [0.1, 0.15) is 6.04 Å². The van der Waals surface area contributed by atoms with E-state index in [4.69, 9.17) is 5.73 Å².